The molecular formula is C17H25N. The zero-order chi connectivity index (χ0) is 12.8. The lowest BCUT2D eigenvalue weighted by Crippen LogP contribution is -2.36. The molecule has 1 nitrogen and oxygen atoms in total. The molecule has 0 saturated heterocycles. The van der Waals surface area contributed by atoms with Gasteiger partial charge in [-0.25, -0.2) is 0 Å². The molecule has 1 N–H and O–H groups in total. The van der Waals surface area contributed by atoms with Gasteiger partial charge in [-0.1, -0.05) is 30.3 Å². The molecule has 2 rings (SSSR count). The Balaban J connectivity index is 1.95. The molecule has 0 bridgehead atoms. The minimum atomic E-state index is 0.665. The summed E-state index contributed by atoms with van der Waals surface area (Å²) in [7, 11) is 2.11. The highest BCUT2D eigenvalue weighted by Gasteiger charge is 2.24. The van der Waals surface area contributed by atoms with Crippen LogP contribution in [-0.2, 0) is 12.8 Å². The number of unbranched alkanes of at least 4 members (excludes halogenated alkanes) is 1. The minimum absolute atomic E-state index is 0.665. The van der Waals surface area contributed by atoms with E-state index in [9.17, 15) is 0 Å². The van der Waals surface area contributed by atoms with Crippen molar-refractivity contribution in [1.82, 2.24) is 5.32 Å². The summed E-state index contributed by atoms with van der Waals surface area (Å²) in [5.74, 6) is 0.801. The van der Waals surface area contributed by atoms with E-state index < -0.39 is 0 Å². The largest absolute Gasteiger partial charge is 0.317 e. The van der Waals surface area contributed by atoms with Crippen LogP contribution in [0.15, 0.2) is 36.9 Å². The second-order valence-corrected chi connectivity index (χ2v) is 5.39. The zero-order valence-electron chi connectivity index (χ0n) is 11.5. The number of fused-ring (bicyclic) bond motifs is 1. The molecule has 2 atom stereocenters. The molecular weight excluding hydrogens is 218 g/mol. The van der Waals surface area contributed by atoms with Crippen molar-refractivity contribution >= 4 is 0 Å². The number of aryl methyl sites for hydroxylation is 1. The molecule has 2 unspecified atom stereocenters. The quantitative estimate of drug-likeness (QED) is 0.593. The third-order valence-electron chi connectivity index (χ3n) is 4.25. The van der Waals surface area contributed by atoms with Gasteiger partial charge in [-0.05, 0) is 62.6 Å². The van der Waals surface area contributed by atoms with Crippen LogP contribution in [0.1, 0.15) is 36.8 Å². The summed E-state index contributed by atoms with van der Waals surface area (Å²) in [6, 6.07) is 9.60. The lowest BCUT2D eigenvalue weighted by molar-refractivity contribution is 0.315. The first kappa shape index (κ1) is 13.4. The molecule has 18 heavy (non-hydrogen) atoms. The average molecular weight is 243 g/mol. The van der Waals surface area contributed by atoms with Gasteiger partial charge in [0.2, 0.25) is 0 Å². The van der Waals surface area contributed by atoms with Crippen molar-refractivity contribution in [3.63, 3.8) is 0 Å². The summed E-state index contributed by atoms with van der Waals surface area (Å²) in [5.41, 5.74) is 3.13. The Bertz CT molecular complexity index is 383. The molecule has 98 valence electrons. The van der Waals surface area contributed by atoms with Gasteiger partial charge in [0.25, 0.3) is 0 Å². The number of allylic oxidation sites excluding steroid dienone is 1. The molecule has 0 fully saturated rings. The van der Waals surface area contributed by atoms with Gasteiger partial charge in [-0.2, -0.15) is 0 Å². The van der Waals surface area contributed by atoms with E-state index in [-0.39, 0.29) is 0 Å². The number of hydrogen-bond acceptors (Lipinski definition) is 1. The maximum atomic E-state index is 3.81. The monoisotopic (exact) mass is 243 g/mol. The molecule has 1 aromatic carbocycles. The van der Waals surface area contributed by atoms with Gasteiger partial charge >= 0.3 is 0 Å². The van der Waals surface area contributed by atoms with Crippen LogP contribution in [-0.4, -0.2) is 13.1 Å². The number of hydrogen-bond donors (Lipinski definition) is 1. The predicted molar refractivity (Wildman–Crippen MR) is 78.9 cm³/mol. The molecule has 1 aromatic rings. The Hall–Kier alpha value is -1.08. The highest BCUT2D eigenvalue weighted by molar-refractivity contribution is 5.29. The summed E-state index contributed by atoms with van der Waals surface area (Å²) < 4.78 is 0. The first-order chi connectivity index (χ1) is 8.85. The predicted octanol–water partition coefficient (Wildman–Crippen LogP) is 3.74. The maximum Gasteiger partial charge on any atom is 0.00957 e. The molecule has 0 amide bonds. The van der Waals surface area contributed by atoms with E-state index in [2.05, 4.69) is 43.2 Å². The van der Waals surface area contributed by atoms with Crippen molar-refractivity contribution in [1.29, 1.82) is 0 Å². The Morgan fingerprint density at radius 1 is 1.39 bits per heavy atom. The summed E-state index contributed by atoms with van der Waals surface area (Å²) in [6.07, 6.45) is 9.53. The van der Waals surface area contributed by atoms with Crippen LogP contribution in [0, 0.1) is 5.92 Å². The maximum absolute atomic E-state index is 3.81. The van der Waals surface area contributed by atoms with Crippen molar-refractivity contribution in [3.8, 4) is 0 Å². The standard InChI is InChI=1S/C17H25N/c1-3-4-5-10-17(18-2)16-12-11-14-8-6-7-9-15(14)13-16/h3,6-9,16-18H,1,4-5,10-13H2,2H3. The molecule has 1 aliphatic carbocycles. The van der Waals surface area contributed by atoms with E-state index in [1.54, 1.807) is 11.1 Å². The topological polar surface area (TPSA) is 12.0 Å². The Labute approximate surface area is 111 Å². The Kier molecular flexibility index (Phi) is 5.00. The van der Waals surface area contributed by atoms with Crippen molar-refractivity contribution in [2.75, 3.05) is 7.05 Å². The summed E-state index contributed by atoms with van der Waals surface area (Å²) in [4.78, 5) is 0. The fourth-order valence-electron chi connectivity index (χ4n) is 3.17. The lowest BCUT2D eigenvalue weighted by Gasteiger charge is -2.31. The third kappa shape index (κ3) is 3.23. The highest BCUT2D eigenvalue weighted by atomic mass is 14.9. The lowest BCUT2D eigenvalue weighted by atomic mass is 9.79. The molecule has 1 aliphatic rings. The van der Waals surface area contributed by atoms with E-state index in [4.69, 9.17) is 0 Å². The molecule has 1 heteroatoms. The van der Waals surface area contributed by atoms with Crippen molar-refractivity contribution in [2.45, 2.75) is 44.6 Å². The third-order valence-corrected chi connectivity index (χ3v) is 4.25. The van der Waals surface area contributed by atoms with E-state index in [1.807, 2.05) is 6.08 Å². The van der Waals surface area contributed by atoms with Crippen LogP contribution < -0.4 is 5.32 Å². The molecule has 0 saturated carbocycles. The van der Waals surface area contributed by atoms with Gasteiger partial charge in [-0.3, -0.25) is 0 Å². The van der Waals surface area contributed by atoms with Crippen LogP contribution in [0.25, 0.3) is 0 Å². The zero-order valence-corrected chi connectivity index (χ0v) is 11.5. The van der Waals surface area contributed by atoms with Crippen molar-refractivity contribution < 1.29 is 0 Å². The number of nitrogens with one attached hydrogen (secondary N) is 1. The highest BCUT2D eigenvalue weighted by Crippen LogP contribution is 2.29. The van der Waals surface area contributed by atoms with Gasteiger partial charge in [0.05, 0.1) is 0 Å². The fraction of sp³-hybridized carbons (Fsp3) is 0.529. The molecule has 0 aliphatic heterocycles. The molecule has 0 radical (unpaired) electrons. The van der Waals surface area contributed by atoms with E-state index in [0.717, 1.165) is 12.3 Å². The number of benzene rings is 1. The smallest absolute Gasteiger partial charge is 0.00957 e. The van der Waals surface area contributed by atoms with Gasteiger partial charge in [0.1, 0.15) is 0 Å². The van der Waals surface area contributed by atoms with Crippen molar-refractivity contribution in [2.24, 2.45) is 5.92 Å². The average Bonchev–Trinajstić information content (AvgIpc) is 2.43. The van der Waals surface area contributed by atoms with Crippen LogP contribution >= 0.6 is 0 Å². The molecule has 0 spiro atoms. The second-order valence-electron chi connectivity index (χ2n) is 5.39. The Morgan fingerprint density at radius 2 is 2.17 bits per heavy atom. The summed E-state index contributed by atoms with van der Waals surface area (Å²) in [6.45, 7) is 3.81. The van der Waals surface area contributed by atoms with E-state index in [0.29, 0.717) is 6.04 Å². The normalized spacial score (nSPS) is 20.2. The van der Waals surface area contributed by atoms with Crippen molar-refractivity contribution in [3.05, 3.63) is 48.0 Å². The summed E-state index contributed by atoms with van der Waals surface area (Å²) in [5, 5.41) is 3.53. The van der Waals surface area contributed by atoms with Crippen LogP contribution in [0.4, 0.5) is 0 Å². The van der Waals surface area contributed by atoms with E-state index >= 15 is 0 Å². The SMILES string of the molecule is C=CCCCC(NC)C1CCc2ccccc2C1. The van der Waals surface area contributed by atoms with Gasteiger partial charge in [0.15, 0.2) is 0 Å². The van der Waals surface area contributed by atoms with Gasteiger partial charge in [0, 0.05) is 6.04 Å². The van der Waals surface area contributed by atoms with E-state index in [1.165, 1.54) is 32.1 Å². The molecule has 0 aromatic heterocycles. The molecule has 0 heterocycles. The van der Waals surface area contributed by atoms with Gasteiger partial charge in [-0.15, -0.1) is 6.58 Å². The first-order valence-corrected chi connectivity index (χ1v) is 7.20. The Morgan fingerprint density at radius 3 is 2.89 bits per heavy atom. The fourth-order valence-corrected chi connectivity index (χ4v) is 3.17. The van der Waals surface area contributed by atoms with Crippen LogP contribution in [0.5, 0.6) is 0 Å². The second kappa shape index (κ2) is 6.75. The van der Waals surface area contributed by atoms with Crippen LogP contribution in [0.3, 0.4) is 0 Å². The van der Waals surface area contributed by atoms with Gasteiger partial charge < -0.3 is 5.32 Å². The van der Waals surface area contributed by atoms with Crippen LogP contribution in [0.2, 0.25) is 0 Å². The first-order valence-electron chi connectivity index (χ1n) is 7.20. The minimum Gasteiger partial charge on any atom is -0.317 e. The number of rotatable bonds is 6. The summed E-state index contributed by atoms with van der Waals surface area (Å²) >= 11 is 0.